The quantitative estimate of drug-likeness (QED) is 0.589. The Hall–Kier alpha value is -1.71. The number of nitrogens with zero attached hydrogens (tertiary/aromatic N) is 1. The number of benzene rings is 1. The summed E-state index contributed by atoms with van der Waals surface area (Å²) >= 11 is 8.55. The second kappa shape index (κ2) is 7.03. The molecule has 0 amide bonds. The molecule has 0 bridgehead atoms. The lowest BCUT2D eigenvalue weighted by molar-refractivity contribution is -0.139. The summed E-state index contributed by atoms with van der Waals surface area (Å²) in [6, 6.07) is 9.59. The van der Waals surface area contributed by atoms with Crippen LogP contribution in [0.5, 0.6) is 0 Å². The molecule has 0 saturated heterocycles. The number of thiocarbonyl (C=S) groups is 1. The van der Waals surface area contributed by atoms with E-state index >= 15 is 0 Å². The molecule has 22 heavy (non-hydrogen) atoms. The van der Waals surface area contributed by atoms with E-state index in [1.54, 1.807) is 13.8 Å². The molecule has 0 radical (unpaired) electrons. The Morgan fingerprint density at radius 2 is 2.09 bits per heavy atom. The summed E-state index contributed by atoms with van der Waals surface area (Å²) in [7, 11) is 0. The average molecular weight is 380 g/mol. The van der Waals surface area contributed by atoms with Gasteiger partial charge in [-0.15, -0.1) is 0 Å². The van der Waals surface area contributed by atoms with E-state index in [0.717, 1.165) is 10.0 Å². The van der Waals surface area contributed by atoms with E-state index in [0.29, 0.717) is 11.3 Å². The van der Waals surface area contributed by atoms with Crippen molar-refractivity contribution in [3.8, 4) is 6.07 Å². The molecule has 0 unspecified atom stereocenters. The first kappa shape index (κ1) is 16.7. The van der Waals surface area contributed by atoms with Crippen LogP contribution in [0.25, 0.3) is 0 Å². The van der Waals surface area contributed by atoms with Crippen molar-refractivity contribution in [2.75, 3.05) is 6.61 Å². The number of rotatable bonds is 3. The predicted octanol–water partition coefficient (Wildman–Crippen LogP) is 3.87. The lowest BCUT2D eigenvalue weighted by Crippen LogP contribution is -2.32. The highest BCUT2D eigenvalue weighted by Gasteiger charge is 2.40. The third kappa shape index (κ3) is 3.21. The summed E-state index contributed by atoms with van der Waals surface area (Å²) in [6.45, 7) is 3.65. The van der Waals surface area contributed by atoms with Crippen molar-refractivity contribution in [2.45, 2.75) is 19.8 Å². The first-order chi connectivity index (χ1) is 10.5. The molecule has 6 heteroatoms. The highest BCUT2D eigenvalue weighted by molar-refractivity contribution is 9.10. The molecule has 0 saturated carbocycles. The molecular weight excluding hydrogens is 366 g/mol. The van der Waals surface area contributed by atoms with Crippen LogP contribution in [0.15, 0.2) is 40.1 Å². The van der Waals surface area contributed by atoms with Crippen molar-refractivity contribution in [1.29, 1.82) is 5.26 Å². The summed E-state index contributed by atoms with van der Waals surface area (Å²) in [4.78, 5) is 12.3. The molecule has 1 aromatic carbocycles. The van der Waals surface area contributed by atoms with Crippen LogP contribution in [0.1, 0.15) is 25.3 Å². The Balaban J connectivity index is 2.57. The number of carbonyl (C=O) groups is 1. The zero-order valence-corrected chi connectivity index (χ0v) is 14.5. The minimum Gasteiger partial charge on any atom is -0.463 e. The van der Waals surface area contributed by atoms with E-state index in [4.69, 9.17) is 21.7 Å². The van der Waals surface area contributed by atoms with Gasteiger partial charge in [-0.3, -0.25) is 0 Å². The molecule has 2 rings (SSSR count). The van der Waals surface area contributed by atoms with E-state index in [1.807, 2.05) is 24.3 Å². The standard InChI is InChI=1S/C16H14BrNO3S/c1-3-20-15(19)13-9(2)21-16(22)12(8-18)14(13)10-4-6-11(17)7-5-10/h4-7,12,14H,3H2,1-2H3/t12-,14+/m1/s1. The maximum absolute atomic E-state index is 12.3. The Morgan fingerprint density at radius 3 is 2.64 bits per heavy atom. The summed E-state index contributed by atoms with van der Waals surface area (Å²) in [5.74, 6) is -1.28. The second-order valence-corrected chi connectivity index (χ2v) is 6.07. The van der Waals surface area contributed by atoms with Crippen LogP contribution in [0.3, 0.4) is 0 Å². The van der Waals surface area contributed by atoms with Gasteiger partial charge in [0, 0.05) is 10.4 Å². The van der Waals surface area contributed by atoms with Crippen LogP contribution < -0.4 is 0 Å². The van der Waals surface area contributed by atoms with Gasteiger partial charge in [-0.2, -0.15) is 5.26 Å². The molecule has 1 aliphatic heterocycles. The van der Waals surface area contributed by atoms with Crippen molar-refractivity contribution in [3.05, 3.63) is 45.6 Å². The Bertz CT molecular complexity index is 676. The van der Waals surface area contributed by atoms with Crippen LogP contribution in [-0.4, -0.2) is 17.6 Å². The summed E-state index contributed by atoms with van der Waals surface area (Å²) in [5, 5.41) is 9.64. The van der Waals surface area contributed by atoms with Gasteiger partial charge in [0.1, 0.15) is 11.7 Å². The lowest BCUT2D eigenvalue weighted by atomic mass is 9.79. The maximum atomic E-state index is 12.3. The lowest BCUT2D eigenvalue weighted by Gasteiger charge is -2.30. The van der Waals surface area contributed by atoms with Crippen LogP contribution in [-0.2, 0) is 14.3 Å². The van der Waals surface area contributed by atoms with Crippen LogP contribution in [0.2, 0.25) is 0 Å². The molecule has 114 valence electrons. The SMILES string of the molecule is CCOC(=O)C1=C(C)OC(=S)[C@H](C#N)[C@@H]1c1ccc(Br)cc1. The number of halogens is 1. The summed E-state index contributed by atoms with van der Waals surface area (Å²) < 4.78 is 11.5. The Kier molecular flexibility index (Phi) is 5.33. The van der Waals surface area contributed by atoms with Crippen molar-refractivity contribution in [3.63, 3.8) is 0 Å². The first-order valence-electron chi connectivity index (χ1n) is 6.74. The number of nitriles is 1. The van der Waals surface area contributed by atoms with Gasteiger partial charge in [0.05, 0.1) is 18.2 Å². The number of carbonyl (C=O) groups excluding carboxylic acids is 1. The van der Waals surface area contributed by atoms with Gasteiger partial charge >= 0.3 is 5.97 Å². The highest BCUT2D eigenvalue weighted by atomic mass is 79.9. The molecule has 1 aliphatic rings. The molecular formula is C16H14BrNO3S. The Labute approximate surface area is 142 Å². The van der Waals surface area contributed by atoms with Crippen molar-refractivity contribution in [1.82, 2.24) is 0 Å². The molecule has 0 aliphatic carbocycles. The van der Waals surface area contributed by atoms with Gasteiger partial charge in [-0.1, -0.05) is 28.1 Å². The van der Waals surface area contributed by atoms with E-state index < -0.39 is 17.8 Å². The minimum atomic E-state index is -0.709. The van der Waals surface area contributed by atoms with Gasteiger partial charge in [-0.05, 0) is 43.8 Å². The van der Waals surface area contributed by atoms with E-state index in [-0.39, 0.29) is 11.7 Å². The fraction of sp³-hybridized carbons (Fsp3) is 0.312. The third-order valence-electron chi connectivity index (χ3n) is 3.39. The molecule has 0 N–H and O–H groups in total. The van der Waals surface area contributed by atoms with E-state index in [2.05, 4.69) is 22.0 Å². The van der Waals surface area contributed by atoms with Gasteiger partial charge in [0.15, 0.2) is 5.05 Å². The predicted molar refractivity (Wildman–Crippen MR) is 89.0 cm³/mol. The number of esters is 1. The third-order valence-corrected chi connectivity index (χ3v) is 4.26. The van der Waals surface area contributed by atoms with Gasteiger partial charge in [0.25, 0.3) is 0 Å². The number of allylic oxidation sites excluding steroid dienone is 1. The smallest absolute Gasteiger partial charge is 0.338 e. The normalized spacial score (nSPS) is 21.1. The molecule has 4 nitrogen and oxygen atoms in total. The zero-order chi connectivity index (χ0) is 16.3. The average Bonchev–Trinajstić information content (AvgIpc) is 2.47. The maximum Gasteiger partial charge on any atom is 0.338 e. The monoisotopic (exact) mass is 379 g/mol. The van der Waals surface area contributed by atoms with Gasteiger partial charge in [-0.25, -0.2) is 4.79 Å². The van der Waals surface area contributed by atoms with Crippen molar-refractivity contribution < 1.29 is 14.3 Å². The van der Waals surface area contributed by atoms with Crippen molar-refractivity contribution >= 4 is 39.2 Å². The van der Waals surface area contributed by atoms with Crippen molar-refractivity contribution in [2.24, 2.45) is 5.92 Å². The Morgan fingerprint density at radius 1 is 1.45 bits per heavy atom. The van der Waals surface area contributed by atoms with E-state index in [9.17, 15) is 10.1 Å². The fourth-order valence-corrected chi connectivity index (χ4v) is 3.01. The summed E-state index contributed by atoms with van der Waals surface area (Å²) in [5.41, 5.74) is 1.17. The largest absolute Gasteiger partial charge is 0.463 e. The van der Waals surface area contributed by atoms with Gasteiger partial charge < -0.3 is 9.47 Å². The first-order valence-corrected chi connectivity index (χ1v) is 7.94. The molecule has 0 fully saturated rings. The topological polar surface area (TPSA) is 59.3 Å². The minimum absolute atomic E-state index is 0.181. The molecule has 1 aromatic rings. The number of hydrogen-bond acceptors (Lipinski definition) is 5. The molecule has 1 heterocycles. The zero-order valence-electron chi connectivity index (χ0n) is 12.1. The molecule has 0 aromatic heterocycles. The van der Waals surface area contributed by atoms with Gasteiger partial charge in [0.2, 0.25) is 0 Å². The fourth-order valence-electron chi connectivity index (χ4n) is 2.43. The molecule has 2 atom stereocenters. The highest BCUT2D eigenvalue weighted by Crippen LogP contribution is 2.40. The molecule has 0 spiro atoms. The summed E-state index contributed by atoms with van der Waals surface area (Å²) in [6.07, 6.45) is 0. The number of ether oxygens (including phenoxy) is 2. The van der Waals surface area contributed by atoms with Crippen LogP contribution in [0.4, 0.5) is 0 Å². The van der Waals surface area contributed by atoms with E-state index in [1.165, 1.54) is 0 Å². The number of hydrogen-bond donors (Lipinski definition) is 0. The van der Waals surface area contributed by atoms with Crippen LogP contribution in [0, 0.1) is 17.2 Å². The second-order valence-electron chi connectivity index (χ2n) is 4.75. The van der Waals surface area contributed by atoms with Crippen LogP contribution >= 0.6 is 28.1 Å².